The molecule has 1 atom stereocenters. The van der Waals surface area contributed by atoms with Gasteiger partial charge in [-0.15, -0.1) is 0 Å². The van der Waals surface area contributed by atoms with Gasteiger partial charge < -0.3 is 19.3 Å². The van der Waals surface area contributed by atoms with E-state index < -0.39 is 12.1 Å². The van der Waals surface area contributed by atoms with Crippen LogP contribution in [0.5, 0.6) is 0 Å². The zero-order valence-electron chi connectivity index (χ0n) is 18.7. The van der Waals surface area contributed by atoms with Gasteiger partial charge in [0.05, 0.1) is 13.2 Å². The first-order valence-corrected chi connectivity index (χ1v) is 9.67. The van der Waals surface area contributed by atoms with E-state index in [0.717, 1.165) is 12.8 Å². The van der Waals surface area contributed by atoms with Crippen molar-refractivity contribution in [2.24, 2.45) is 0 Å². The third kappa shape index (κ3) is 29.4. The van der Waals surface area contributed by atoms with Crippen molar-refractivity contribution in [3.8, 4) is 0 Å². The summed E-state index contributed by atoms with van der Waals surface area (Å²) >= 11 is 0. The van der Waals surface area contributed by atoms with Crippen molar-refractivity contribution in [3.63, 3.8) is 0 Å². The maximum absolute atomic E-state index is 10.9. The Bertz CT molecular complexity index is 377. The Morgan fingerprint density at radius 2 is 1.22 bits per heavy atom. The van der Waals surface area contributed by atoms with E-state index in [2.05, 4.69) is 13.2 Å². The van der Waals surface area contributed by atoms with Crippen LogP contribution in [0.3, 0.4) is 0 Å². The quantitative estimate of drug-likeness (QED) is 0.337. The average Bonchev–Trinajstić information content (AvgIpc) is 2.67. The predicted octanol–water partition coefficient (Wildman–Crippen LogP) is 4.46. The SMILES string of the molecule is C=C(C)C(=O)OCC(O)COCCC.C=C(C)C(=O)OCCC.CC.CC. The molecule has 0 rings (SSSR count). The second-order valence-electron chi connectivity index (χ2n) is 5.02. The van der Waals surface area contributed by atoms with Crippen LogP contribution < -0.4 is 0 Å². The van der Waals surface area contributed by atoms with E-state index in [1.54, 1.807) is 13.8 Å². The van der Waals surface area contributed by atoms with Crippen molar-refractivity contribution in [1.82, 2.24) is 0 Å². The van der Waals surface area contributed by atoms with Gasteiger partial charge in [-0.05, 0) is 26.7 Å². The number of aliphatic hydroxyl groups is 1. The molecule has 0 saturated heterocycles. The lowest BCUT2D eigenvalue weighted by molar-refractivity contribution is -0.143. The number of carbonyl (C=O) groups excluding carboxylic acids is 2. The second-order valence-corrected chi connectivity index (χ2v) is 5.02. The summed E-state index contributed by atoms with van der Waals surface area (Å²) in [5.41, 5.74) is 0.787. The minimum atomic E-state index is -0.759. The maximum Gasteiger partial charge on any atom is 0.333 e. The van der Waals surface area contributed by atoms with Gasteiger partial charge in [-0.1, -0.05) is 54.7 Å². The van der Waals surface area contributed by atoms with Crippen LogP contribution >= 0.6 is 0 Å². The molecular formula is C21H42O6. The molecule has 6 nitrogen and oxygen atoms in total. The minimum absolute atomic E-state index is 0.0462. The van der Waals surface area contributed by atoms with E-state index in [1.807, 2.05) is 41.5 Å². The van der Waals surface area contributed by atoms with E-state index in [1.165, 1.54) is 0 Å². The third-order valence-electron chi connectivity index (χ3n) is 2.20. The van der Waals surface area contributed by atoms with Crippen LogP contribution in [0.25, 0.3) is 0 Å². The Morgan fingerprint density at radius 1 is 0.815 bits per heavy atom. The summed E-state index contributed by atoms with van der Waals surface area (Å²) in [7, 11) is 0. The average molecular weight is 391 g/mol. The fraction of sp³-hybridized carbons (Fsp3) is 0.714. The van der Waals surface area contributed by atoms with Gasteiger partial charge in [0.25, 0.3) is 0 Å². The molecule has 162 valence electrons. The molecule has 0 aliphatic rings. The zero-order chi connectivity index (χ0) is 22.3. The molecule has 0 fully saturated rings. The summed E-state index contributed by atoms with van der Waals surface area (Å²) in [6.07, 6.45) is 1.00. The van der Waals surface area contributed by atoms with E-state index >= 15 is 0 Å². The number of rotatable bonds is 10. The minimum Gasteiger partial charge on any atom is -0.462 e. The summed E-state index contributed by atoms with van der Waals surface area (Å²) in [4.78, 5) is 21.5. The van der Waals surface area contributed by atoms with Crippen molar-refractivity contribution in [2.75, 3.05) is 26.4 Å². The Morgan fingerprint density at radius 3 is 1.59 bits per heavy atom. The van der Waals surface area contributed by atoms with Crippen LogP contribution in [0.4, 0.5) is 0 Å². The highest BCUT2D eigenvalue weighted by Crippen LogP contribution is 1.95. The van der Waals surface area contributed by atoms with Gasteiger partial charge in [-0.25, -0.2) is 9.59 Å². The topological polar surface area (TPSA) is 82.1 Å². The second kappa shape index (κ2) is 26.6. The molecule has 27 heavy (non-hydrogen) atoms. The van der Waals surface area contributed by atoms with Gasteiger partial charge in [-0.3, -0.25) is 0 Å². The van der Waals surface area contributed by atoms with Crippen LogP contribution in [0.2, 0.25) is 0 Å². The van der Waals surface area contributed by atoms with Gasteiger partial charge >= 0.3 is 11.9 Å². The molecule has 0 aromatic rings. The number of hydrogen-bond donors (Lipinski definition) is 1. The van der Waals surface area contributed by atoms with Crippen molar-refractivity contribution >= 4 is 11.9 Å². The first kappa shape index (κ1) is 33.0. The van der Waals surface area contributed by atoms with Gasteiger partial charge in [0.2, 0.25) is 0 Å². The van der Waals surface area contributed by atoms with Crippen molar-refractivity contribution < 1.29 is 28.9 Å². The molecule has 0 aromatic heterocycles. The highest BCUT2D eigenvalue weighted by molar-refractivity contribution is 5.87. The van der Waals surface area contributed by atoms with Crippen LogP contribution in [0, 0.1) is 0 Å². The van der Waals surface area contributed by atoms with E-state index in [4.69, 9.17) is 14.2 Å². The predicted molar refractivity (Wildman–Crippen MR) is 112 cm³/mol. The Balaban J connectivity index is -0.000000175. The fourth-order valence-electron chi connectivity index (χ4n) is 1.02. The summed E-state index contributed by atoms with van der Waals surface area (Å²) in [5.74, 6) is -0.781. The first-order chi connectivity index (χ1) is 12.8. The molecule has 0 aliphatic carbocycles. The molecule has 0 radical (unpaired) electrons. The molecule has 0 aliphatic heterocycles. The highest BCUT2D eigenvalue weighted by atomic mass is 16.5. The Labute approximate surface area is 166 Å². The monoisotopic (exact) mass is 390 g/mol. The Kier molecular flexibility index (Phi) is 32.4. The Hall–Kier alpha value is -1.66. The molecule has 0 heterocycles. The number of esters is 2. The normalized spacial score (nSPS) is 9.67. The van der Waals surface area contributed by atoms with Crippen LogP contribution in [-0.4, -0.2) is 49.6 Å². The van der Waals surface area contributed by atoms with Gasteiger partial charge in [0.1, 0.15) is 12.7 Å². The summed E-state index contributed by atoms with van der Waals surface area (Å²) in [5, 5.41) is 9.27. The van der Waals surface area contributed by atoms with Crippen LogP contribution in [0.1, 0.15) is 68.2 Å². The number of aliphatic hydroxyl groups excluding tert-OH is 1. The lowest BCUT2D eigenvalue weighted by Crippen LogP contribution is -2.24. The van der Waals surface area contributed by atoms with Crippen molar-refractivity contribution in [3.05, 3.63) is 24.3 Å². The van der Waals surface area contributed by atoms with Crippen LogP contribution in [0.15, 0.2) is 24.3 Å². The summed E-state index contributed by atoms with van der Waals surface area (Å²) < 4.78 is 14.5. The fourth-order valence-corrected chi connectivity index (χ4v) is 1.02. The van der Waals surface area contributed by atoms with E-state index in [-0.39, 0.29) is 19.2 Å². The molecular weight excluding hydrogens is 348 g/mol. The molecule has 1 unspecified atom stereocenters. The van der Waals surface area contributed by atoms with Crippen molar-refractivity contribution in [1.29, 1.82) is 0 Å². The van der Waals surface area contributed by atoms with Gasteiger partial charge in [-0.2, -0.15) is 0 Å². The molecule has 6 heteroatoms. The van der Waals surface area contributed by atoms with Crippen molar-refractivity contribution in [2.45, 2.75) is 74.3 Å². The lowest BCUT2D eigenvalue weighted by Gasteiger charge is -2.11. The smallest absolute Gasteiger partial charge is 0.333 e. The molecule has 0 saturated carbocycles. The van der Waals surface area contributed by atoms with Gasteiger partial charge in [0.15, 0.2) is 0 Å². The summed E-state index contributed by atoms with van der Waals surface area (Å²) in [6.45, 7) is 23.2. The zero-order valence-corrected chi connectivity index (χ0v) is 18.7. The van der Waals surface area contributed by atoms with Gasteiger partial charge in [0, 0.05) is 17.8 Å². The molecule has 0 bridgehead atoms. The number of hydrogen-bond acceptors (Lipinski definition) is 6. The molecule has 0 spiro atoms. The first-order valence-electron chi connectivity index (χ1n) is 9.67. The van der Waals surface area contributed by atoms with E-state index in [0.29, 0.717) is 24.4 Å². The molecule has 0 amide bonds. The largest absolute Gasteiger partial charge is 0.462 e. The molecule has 0 aromatic carbocycles. The number of carbonyl (C=O) groups is 2. The van der Waals surface area contributed by atoms with Crippen LogP contribution in [-0.2, 0) is 23.8 Å². The standard InChI is InChI=1S/C10H18O4.C7H12O2.2C2H6/c1-4-5-13-6-9(11)7-14-10(12)8(2)3;1-4-5-9-7(8)6(2)3;2*1-2/h9,11H,2,4-7H2,1,3H3;2,4-5H2,1,3H3;2*1-2H3. The maximum atomic E-state index is 10.9. The third-order valence-corrected chi connectivity index (χ3v) is 2.20. The highest BCUT2D eigenvalue weighted by Gasteiger charge is 2.08. The number of ether oxygens (including phenoxy) is 3. The lowest BCUT2D eigenvalue weighted by atomic mass is 10.3. The van der Waals surface area contributed by atoms with E-state index in [9.17, 15) is 14.7 Å². The molecule has 1 N–H and O–H groups in total. The summed E-state index contributed by atoms with van der Waals surface area (Å²) in [6, 6.07) is 0.